The molecule has 0 bridgehead atoms. The highest BCUT2D eigenvalue weighted by molar-refractivity contribution is 7.91. The highest BCUT2D eigenvalue weighted by atomic mass is 32.2. The SMILES string of the molecule is CCOC(=O)c1cnn(-c2ccc(S(=O)(=O)N[C@@]3(C(=O)O)[C@H](C)[C@@H]3c3ccccc3)s2)c1. The Labute approximate surface area is 188 Å². The lowest BCUT2D eigenvalue weighted by molar-refractivity contribution is -0.140. The van der Waals surface area contributed by atoms with Crippen LogP contribution >= 0.6 is 11.3 Å². The Hall–Kier alpha value is -3.02. The van der Waals surface area contributed by atoms with Crippen LogP contribution in [-0.4, -0.2) is 47.4 Å². The predicted octanol–water partition coefficient (Wildman–Crippen LogP) is 2.65. The Bertz CT molecular complexity index is 1270. The number of benzene rings is 1. The third-order valence-electron chi connectivity index (χ3n) is 5.57. The maximum Gasteiger partial charge on any atom is 0.341 e. The number of rotatable bonds is 8. The first-order valence-corrected chi connectivity index (χ1v) is 12.1. The predicted molar refractivity (Wildman–Crippen MR) is 116 cm³/mol. The highest BCUT2D eigenvalue weighted by Crippen LogP contribution is 2.58. The molecule has 1 aliphatic rings. The second-order valence-corrected chi connectivity index (χ2v) is 10.4. The van der Waals surface area contributed by atoms with Crippen LogP contribution in [0.5, 0.6) is 0 Å². The maximum atomic E-state index is 13.1. The van der Waals surface area contributed by atoms with E-state index in [0.717, 1.165) is 16.9 Å². The number of aliphatic carboxylic acids is 1. The number of carbonyl (C=O) groups excluding carboxylic acids is 1. The molecule has 9 nitrogen and oxygen atoms in total. The summed E-state index contributed by atoms with van der Waals surface area (Å²) in [6.45, 7) is 3.64. The summed E-state index contributed by atoms with van der Waals surface area (Å²) >= 11 is 0.915. The Kier molecular flexibility index (Phi) is 5.65. The van der Waals surface area contributed by atoms with E-state index < -0.39 is 39.3 Å². The number of carboxylic acids is 1. The van der Waals surface area contributed by atoms with Crippen molar-refractivity contribution in [3.63, 3.8) is 0 Å². The molecule has 2 N–H and O–H groups in total. The van der Waals surface area contributed by atoms with E-state index in [4.69, 9.17) is 4.74 Å². The number of ether oxygens (including phenoxy) is 1. The van der Waals surface area contributed by atoms with Gasteiger partial charge in [-0.3, -0.25) is 4.79 Å². The van der Waals surface area contributed by atoms with E-state index >= 15 is 0 Å². The van der Waals surface area contributed by atoms with Gasteiger partial charge in [0, 0.05) is 12.1 Å². The van der Waals surface area contributed by atoms with Crippen LogP contribution in [-0.2, 0) is 19.6 Å². The number of nitrogens with one attached hydrogen (secondary N) is 1. The summed E-state index contributed by atoms with van der Waals surface area (Å²) in [6.07, 6.45) is 2.78. The van der Waals surface area contributed by atoms with Gasteiger partial charge in [0.1, 0.15) is 14.7 Å². The quantitative estimate of drug-likeness (QED) is 0.479. The molecule has 0 spiro atoms. The number of sulfonamides is 1. The minimum absolute atomic E-state index is 0.0489. The first-order chi connectivity index (χ1) is 15.2. The molecule has 1 fully saturated rings. The molecular formula is C21H21N3O6S2. The van der Waals surface area contributed by atoms with E-state index in [9.17, 15) is 23.1 Å². The minimum atomic E-state index is -4.12. The number of nitrogens with zero attached hydrogens (tertiary/aromatic N) is 2. The summed E-state index contributed by atoms with van der Waals surface area (Å²) < 4.78 is 34.9. The number of hydrogen-bond donors (Lipinski definition) is 2. The molecule has 0 saturated heterocycles. The molecule has 4 rings (SSSR count). The molecule has 11 heteroatoms. The molecule has 1 aliphatic carbocycles. The van der Waals surface area contributed by atoms with Gasteiger partial charge < -0.3 is 9.84 Å². The fraction of sp³-hybridized carbons (Fsp3) is 0.286. The Morgan fingerprint density at radius 2 is 1.97 bits per heavy atom. The number of carbonyl (C=O) groups is 2. The van der Waals surface area contributed by atoms with E-state index in [1.54, 1.807) is 44.2 Å². The lowest BCUT2D eigenvalue weighted by atomic mass is 10.1. The smallest absolute Gasteiger partial charge is 0.341 e. The number of aromatic nitrogens is 2. The van der Waals surface area contributed by atoms with E-state index in [2.05, 4.69) is 9.82 Å². The second-order valence-electron chi connectivity index (χ2n) is 7.44. The standard InChI is InChI=1S/C21H21N3O6S2/c1-3-30-19(25)15-11-22-24(12-15)16-9-10-17(31-16)32(28,29)23-21(20(26)27)13(2)18(21)14-7-5-4-6-8-14/h4-13,18,23H,3H2,1-2H3,(H,26,27)/t13-,18-,21+/m1/s1. The molecule has 2 aromatic heterocycles. The van der Waals surface area contributed by atoms with Gasteiger partial charge in [0.15, 0.2) is 0 Å². The van der Waals surface area contributed by atoms with Crippen molar-refractivity contribution >= 4 is 33.3 Å². The maximum absolute atomic E-state index is 13.1. The van der Waals surface area contributed by atoms with E-state index in [1.807, 2.05) is 6.07 Å². The van der Waals surface area contributed by atoms with Gasteiger partial charge in [0.2, 0.25) is 0 Å². The van der Waals surface area contributed by atoms with Gasteiger partial charge in [-0.15, -0.1) is 11.3 Å². The van der Waals surface area contributed by atoms with E-state index in [1.165, 1.54) is 23.1 Å². The highest BCUT2D eigenvalue weighted by Gasteiger charge is 2.70. The largest absolute Gasteiger partial charge is 0.480 e. The van der Waals surface area contributed by atoms with Crippen LogP contribution in [0, 0.1) is 5.92 Å². The van der Waals surface area contributed by atoms with Crippen LogP contribution in [0.4, 0.5) is 0 Å². The molecule has 0 amide bonds. The first kappa shape index (κ1) is 22.2. The van der Waals surface area contributed by atoms with Crippen molar-refractivity contribution in [2.24, 2.45) is 5.92 Å². The van der Waals surface area contributed by atoms with Crippen LogP contribution in [0.25, 0.3) is 5.00 Å². The molecule has 1 saturated carbocycles. The minimum Gasteiger partial charge on any atom is -0.480 e. The molecule has 2 heterocycles. The van der Waals surface area contributed by atoms with Gasteiger partial charge in [-0.1, -0.05) is 37.3 Å². The van der Waals surface area contributed by atoms with Gasteiger partial charge >= 0.3 is 11.9 Å². The fourth-order valence-corrected chi connectivity index (χ4v) is 6.60. The molecule has 0 aliphatic heterocycles. The van der Waals surface area contributed by atoms with Crippen molar-refractivity contribution in [2.75, 3.05) is 6.61 Å². The molecule has 1 aromatic carbocycles. The van der Waals surface area contributed by atoms with E-state index in [0.29, 0.717) is 5.00 Å². The van der Waals surface area contributed by atoms with Crippen LogP contribution in [0.3, 0.4) is 0 Å². The molecular weight excluding hydrogens is 454 g/mol. The van der Waals surface area contributed by atoms with Crippen molar-refractivity contribution in [1.82, 2.24) is 14.5 Å². The summed E-state index contributed by atoms with van der Waals surface area (Å²) in [4.78, 5) is 24.0. The summed E-state index contributed by atoms with van der Waals surface area (Å²) in [6, 6.07) is 11.9. The average molecular weight is 476 g/mol. The molecule has 32 heavy (non-hydrogen) atoms. The third kappa shape index (κ3) is 3.72. The van der Waals surface area contributed by atoms with Crippen molar-refractivity contribution < 1.29 is 27.9 Å². The zero-order valence-corrected chi connectivity index (χ0v) is 18.9. The Balaban J connectivity index is 1.59. The number of thiophene rings is 1. The Morgan fingerprint density at radius 1 is 1.25 bits per heavy atom. The third-order valence-corrected chi connectivity index (χ3v) is 8.62. The van der Waals surface area contributed by atoms with Crippen molar-refractivity contribution in [3.8, 4) is 5.00 Å². The summed E-state index contributed by atoms with van der Waals surface area (Å²) in [5, 5.41) is 14.4. The lowest BCUT2D eigenvalue weighted by Crippen LogP contribution is -2.45. The molecule has 168 valence electrons. The molecule has 3 aromatic rings. The van der Waals surface area contributed by atoms with Gasteiger partial charge in [-0.05, 0) is 30.5 Å². The zero-order valence-electron chi connectivity index (χ0n) is 17.3. The van der Waals surface area contributed by atoms with Gasteiger partial charge in [-0.2, -0.15) is 9.82 Å². The van der Waals surface area contributed by atoms with Crippen LogP contribution in [0.15, 0.2) is 59.1 Å². The lowest BCUT2D eigenvalue weighted by Gasteiger charge is -2.15. The Morgan fingerprint density at radius 3 is 2.62 bits per heavy atom. The van der Waals surface area contributed by atoms with Crippen molar-refractivity contribution in [2.45, 2.75) is 29.5 Å². The molecule has 0 radical (unpaired) electrons. The van der Waals surface area contributed by atoms with Gasteiger partial charge in [-0.25, -0.2) is 17.9 Å². The van der Waals surface area contributed by atoms with Crippen molar-refractivity contribution in [3.05, 3.63) is 66.0 Å². The molecule has 0 unspecified atom stereocenters. The summed E-state index contributed by atoms with van der Waals surface area (Å²) in [5.74, 6) is -2.64. The van der Waals surface area contributed by atoms with Gasteiger partial charge in [0.05, 0.1) is 18.4 Å². The number of carboxylic acid groups (broad SMARTS) is 1. The summed E-state index contributed by atoms with van der Waals surface area (Å²) in [7, 11) is -4.12. The topological polar surface area (TPSA) is 128 Å². The van der Waals surface area contributed by atoms with E-state index in [-0.39, 0.29) is 16.4 Å². The normalized spacial score (nSPS) is 22.4. The zero-order chi connectivity index (χ0) is 23.1. The van der Waals surface area contributed by atoms with Crippen LogP contribution in [0.2, 0.25) is 0 Å². The monoisotopic (exact) mass is 475 g/mol. The van der Waals surface area contributed by atoms with Crippen molar-refractivity contribution in [1.29, 1.82) is 0 Å². The van der Waals surface area contributed by atoms with Crippen LogP contribution < -0.4 is 4.72 Å². The van der Waals surface area contributed by atoms with Gasteiger partial charge in [0.25, 0.3) is 10.0 Å². The number of esters is 1. The summed E-state index contributed by atoms with van der Waals surface area (Å²) in [5.41, 5.74) is -0.613. The first-order valence-electron chi connectivity index (χ1n) is 9.85. The molecule has 3 atom stereocenters. The average Bonchev–Trinajstić information content (AvgIpc) is 3.20. The second kappa shape index (κ2) is 8.15. The number of hydrogen-bond acceptors (Lipinski definition) is 7. The van der Waals surface area contributed by atoms with Crippen LogP contribution in [0.1, 0.15) is 35.7 Å². The fourth-order valence-electron chi connectivity index (χ4n) is 3.91.